The van der Waals surface area contributed by atoms with E-state index in [1.807, 2.05) is 0 Å². The largest absolute Gasteiger partial charge is 0.503 e. The highest BCUT2D eigenvalue weighted by Gasteiger charge is 2.43. The van der Waals surface area contributed by atoms with Gasteiger partial charge in [-0.25, -0.2) is 0 Å². The number of carbonyl (C=O) groups is 2. The van der Waals surface area contributed by atoms with Crippen LogP contribution in [0, 0.1) is 0 Å². The van der Waals surface area contributed by atoms with Crippen LogP contribution in [0.2, 0.25) is 5.02 Å². The number of Topliss-reactive ketones (excluding diaryl/α,β-unsaturated/α-hetero) is 1. The van der Waals surface area contributed by atoms with Gasteiger partial charge in [-0.05, 0) is 29.1 Å². The quantitative estimate of drug-likeness (QED) is 0.781. The Morgan fingerprint density at radius 2 is 2.16 bits per heavy atom. The number of thiophene rings is 1. The Morgan fingerprint density at radius 1 is 1.36 bits per heavy atom. The van der Waals surface area contributed by atoms with E-state index < -0.39 is 17.7 Å². The number of rotatable bonds is 6. The predicted molar refractivity (Wildman–Crippen MR) is 96.1 cm³/mol. The van der Waals surface area contributed by atoms with Gasteiger partial charge in [0.05, 0.1) is 23.1 Å². The van der Waals surface area contributed by atoms with Crippen LogP contribution < -0.4 is 0 Å². The van der Waals surface area contributed by atoms with Gasteiger partial charge in [0.2, 0.25) is 5.78 Å². The van der Waals surface area contributed by atoms with E-state index in [2.05, 4.69) is 0 Å². The minimum Gasteiger partial charge on any atom is -0.503 e. The molecule has 2 aromatic rings. The Morgan fingerprint density at radius 3 is 2.80 bits per heavy atom. The molecule has 1 aromatic heterocycles. The molecule has 1 aromatic carbocycles. The van der Waals surface area contributed by atoms with Crippen LogP contribution in [0.4, 0.5) is 0 Å². The van der Waals surface area contributed by atoms with Gasteiger partial charge in [0.15, 0.2) is 5.76 Å². The summed E-state index contributed by atoms with van der Waals surface area (Å²) in [5, 5.41) is 12.7. The number of halogens is 1. The van der Waals surface area contributed by atoms with Crippen molar-refractivity contribution in [2.24, 2.45) is 0 Å². The summed E-state index contributed by atoms with van der Waals surface area (Å²) in [4.78, 5) is 27.3. The normalized spacial score (nSPS) is 17.4. The summed E-state index contributed by atoms with van der Waals surface area (Å²) < 4.78 is 5.06. The van der Waals surface area contributed by atoms with Crippen LogP contribution in [0.1, 0.15) is 21.3 Å². The second-order valence-electron chi connectivity index (χ2n) is 5.52. The second-order valence-corrected chi connectivity index (χ2v) is 6.90. The monoisotopic (exact) mass is 377 g/mol. The average Bonchev–Trinajstić information content (AvgIpc) is 3.21. The molecule has 0 radical (unpaired) electrons. The minimum atomic E-state index is -0.698. The minimum absolute atomic E-state index is 0.0748. The number of methoxy groups -OCH3 is 1. The summed E-state index contributed by atoms with van der Waals surface area (Å²) in [7, 11) is 1.53. The van der Waals surface area contributed by atoms with Gasteiger partial charge >= 0.3 is 0 Å². The molecule has 1 N–H and O–H groups in total. The molecule has 25 heavy (non-hydrogen) atoms. The van der Waals surface area contributed by atoms with Crippen LogP contribution >= 0.6 is 22.9 Å². The predicted octanol–water partition coefficient (Wildman–Crippen LogP) is 3.63. The maximum atomic E-state index is 12.9. The number of hydrogen-bond acceptors (Lipinski definition) is 5. The zero-order valence-corrected chi connectivity index (χ0v) is 15.0. The Kier molecular flexibility index (Phi) is 5.22. The maximum absolute atomic E-state index is 12.9. The van der Waals surface area contributed by atoms with Crippen molar-refractivity contribution in [1.29, 1.82) is 0 Å². The van der Waals surface area contributed by atoms with E-state index in [4.69, 9.17) is 16.3 Å². The van der Waals surface area contributed by atoms with Crippen molar-refractivity contribution in [3.63, 3.8) is 0 Å². The molecule has 0 bridgehead atoms. The van der Waals surface area contributed by atoms with Crippen molar-refractivity contribution in [1.82, 2.24) is 4.90 Å². The van der Waals surface area contributed by atoms with Crippen LogP contribution in [0.25, 0.3) is 0 Å². The van der Waals surface area contributed by atoms with Gasteiger partial charge < -0.3 is 14.7 Å². The van der Waals surface area contributed by atoms with Crippen molar-refractivity contribution < 1.29 is 19.4 Å². The Hall–Kier alpha value is -2.15. The first-order chi connectivity index (χ1) is 12.0. The van der Waals surface area contributed by atoms with Gasteiger partial charge in [0.1, 0.15) is 0 Å². The molecular weight excluding hydrogens is 362 g/mol. The summed E-state index contributed by atoms with van der Waals surface area (Å²) >= 11 is 7.35. The van der Waals surface area contributed by atoms with Crippen molar-refractivity contribution in [3.05, 3.63) is 68.6 Å². The first-order valence-electron chi connectivity index (χ1n) is 7.61. The number of hydrogen-bond donors (Lipinski definition) is 1. The number of ketones is 1. The van der Waals surface area contributed by atoms with Crippen LogP contribution in [-0.4, -0.2) is 42.0 Å². The smallest absolute Gasteiger partial charge is 0.290 e. The topological polar surface area (TPSA) is 66.8 Å². The fourth-order valence-corrected chi connectivity index (χ4v) is 3.75. The maximum Gasteiger partial charge on any atom is 0.290 e. The first-order valence-corrected chi connectivity index (χ1v) is 8.87. The highest BCUT2D eigenvalue weighted by atomic mass is 35.5. The molecule has 0 aliphatic carbocycles. The van der Waals surface area contributed by atoms with Crippen LogP contribution in [-0.2, 0) is 9.53 Å². The molecule has 0 spiro atoms. The fraction of sp³-hybridized carbons (Fsp3) is 0.222. The third kappa shape index (κ3) is 3.33. The van der Waals surface area contributed by atoms with E-state index in [1.165, 1.54) is 23.3 Å². The first kappa shape index (κ1) is 17.7. The lowest BCUT2D eigenvalue weighted by molar-refractivity contribution is -0.130. The molecule has 1 aliphatic rings. The van der Waals surface area contributed by atoms with E-state index in [-0.39, 0.29) is 24.5 Å². The van der Waals surface area contributed by atoms with Gasteiger partial charge in [0.25, 0.3) is 5.91 Å². The molecule has 5 nitrogen and oxygen atoms in total. The van der Waals surface area contributed by atoms with E-state index in [0.717, 1.165) is 0 Å². The zero-order valence-electron chi connectivity index (χ0n) is 13.4. The molecule has 3 rings (SSSR count). The Labute approximate surface area is 154 Å². The number of aliphatic hydroxyl groups is 1. The van der Waals surface area contributed by atoms with Gasteiger partial charge in [-0.2, -0.15) is 0 Å². The lowest BCUT2D eigenvalue weighted by Crippen LogP contribution is -2.33. The van der Waals surface area contributed by atoms with Crippen molar-refractivity contribution in [3.8, 4) is 0 Å². The number of nitrogens with zero attached hydrogens (tertiary/aromatic N) is 1. The summed E-state index contributed by atoms with van der Waals surface area (Å²) in [6, 6.07) is 9.67. The molecule has 0 fully saturated rings. The average molecular weight is 378 g/mol. The molecule has 0 saturated heterocycles. The third-order valence-corrected chi connectivity index (χ3v) is 5.10. The SMILES string of the molecule is COCCN1C(=O)C(O)=C(C(=O)c2cccs2)[C@H]1c1cccc(Cl)c1. The van der Waals surface area contributed by atoms with Crippen molar-refractivity contribution in [2.45, 2.75) is 6.04 Å². The molecule has 1 atom stereocenters. The van der Waals surface area contributed by atoms with Crippen molar-refractivity contribution in [2.75, 3.05) is 20.3 Å². The number of amides is 1. The summed E-state index contributed by atoms with van der Waals surface area (Å²) in [6.45, 7) is 0.536. The van der Waals surface area contributed by atoms with E-state index in [9.17, 15) is 14.7 Å². The van der Waals surface area contributed by atoms with Crippen molar-refractivity contribution >= 4 is 34.6 Å². The third-order valence-electron chi connectivity index (χ3n) is 3.99. The summed E-state index contributed by atoms with van der Waals surface area (Å²) in [5.41, 5.74) is 0.742. The highest BCUT2D eigenvalue weighted by molar-refractivity contribution is 7.12. The van der Waals surface area contributed by atoms with Crippen LogP contribution in [0.5, 0.6) is 0 Å². The molecular formula is C18H16ClNO4S. The molecule has 1 aliphatic heterocycles. The number of aliphatic hydroxyl groups excluding tert-OH is 1. The number of benzene rings is 1. The molecule has 2 heterocycles. The second kappa shape index (κ2) is 7.39. The number of carbonyl (C=O) groups excluding carboxylic acids is 2. The Bertz CT molecular complexity index is 831. The standard InChI is InChI=1S/C18H16ClNO4S/c1-24-8-7-20-15(11-4-2-5-12(19)10-11)14(17(22)18(20)23)16(21)13-6-3-9-25-13/h2-6,9-10,15,22H,7-8H2,1H3/t15-/m1/s1. The fourth-order valence-electron chi connectivity index (χ4n) is 2.87. The molecule has 0 unspecified atom stereocenters. The highest BCUT2D eigenvalue weighted by Crippen LogP contribution is 2.39. The number of ether oxygens (including phenoxy) is 1. The van der Waals surface area contributed by atoms with Crippen LogP contribution in [0.3, 0.4) is 0 Å². The molecule has 1 amide bonds. The van der Waals surface area contributed by atoms with Gasteiger partial charge in [-0.1, -0.05) is 29.8 Å². The summed E-state index contributed by atoms with van der Waals surface area (Å²) in [6.07, 6.45) is 0. The Balaban J connectivity index is 2.08. The van der Waals surface area contributed by atoms with E-state index in [1.54, 1.807) is 41.8 Å². The van der Waals surface area contributed by atoms with E-state index >= 15 is 0 Å². The van der Waals surface area contributed by atoms with Gasteiger partial charge in [0, 0.05) is 18.7 Å². The van der Waals surface area contributed by atoms with Gasteiger partial charge in [-0.15, -0.1) is 11.3 Å². The lowest BCUT2D eigenvalue weighted by Gasteiger charge is -2.26. The molecule has 0 saturated carbocycles. The summed E-state index contributed by atoms with van der Waals surface area (Å²) in [5.74, 6) is -1.45. The zero-order chi connectivity index (χ0) is 18.0. The molecule has 130 valence electrons. The lowest BCUT2D eigenvalue weighted by atomic mass is 9.95. The van der Waals surface area contributed by atoms with Gasteiger partial charge in [-0.3, -0.25) is 9.59 Å². The van der Waals surface area contributed by atoms with E-state index in [0.29, 0.717) is 15.5 Å². The van der Waals surface area contributed by atoms with Crippen LogP contribution in [0.15, 0.2) is 53.1 Å². The molecule has 7 heteroatoms.